The van der Waals surface area contributed by atoms with Crippen molar-refractivity contribution in [3.8, 4) is 0 Å². The molecule has 0 unspecified atom stereocenters. The Kier molecular flexibility index (Phi) is 5.14. The summed E-state index contributed by atoms with van der Waals surface area (Å²) in [5.74, 6) is 3.18. The maximum absolute atomic E-state index is 5.68. The zero-order valence-electron chi connectivity index (χ0n) is 11.7. The molecule has 1 aliphatic heterocycles. The Morgan fingerprint density at radius 2 is 2.11 bits per heavy atom. The van der Waals surface area contributed by atoms with Crippen molar-refractivity contribution in [2.24, 2.45) is 22.9 Å². The smallest absolute Gasteiger partial charge is 0.229 e. The van der Waals surface area contributed by atoms with Crippen LogP contribution in [-0.2, 0) is 9.57 Å². The van der Waals surface area contributed by atoms with E-state index in [-0.39, 0.29) is 0 Å². The van der Waals surface area contributed by atoms with Gasteiger partial charge in [-0.05, 0) is 18.1 Å². The highest BCUT2D eigenvalue weighted by Crippen LogP contribution is 2.34. The third-order valence-corrected chi connectivity index (χ3v) is 4.55. The fraction of sp³-hybridized carbons (Fsp3) is 0.533. The van der Waals surface area contributed by atoms with Crippen LogP contribution in [0.25, 0.3) is 0 Å². The molecule has 19 heavy (non-hydrogen) atoms. The summed E-state index contributed by atoms with van der Waals surface area (Å²) in [5, 5.41) is 4.02. The van der Waals surface area contributed by atoms with E-state index in [9.17, 15) is 0 Å². The Hall–Kier alpha value is -1.16. The fourth-order valence-electron chi connectivity index (χ4n) is 2.47. The molecule has 2 atom stereocenters. The number of benzene rings is 1. The molecule has 1 aromatic rings. The van der Waals surface area contributed by atoms with Crippen molar-refractivity contribution in [1.82, 2.24) is 0 Å². The van der Waals surface area contributed by atoms with E-state index >= 15 is 0 Å². The van der Waals surface area contributed by atoms with Gasteiger partial charge in [0.15, 0.2) is 0 Å². The van der Waals surface area contributed by atoms with Crippen LogP contribution in [0.1, 0.15) is 13.8 Å². The molecule has 0 amide bonds. The molecule has 3 nitrogen and oxygen atoms in total. The lowest BCUT2D eigenvalue weighted by molar-refractivity contribution is 0.194. The molecule has 104 valence electrons. The van der Waals surface area contributed by atoms with Gasteiger partial charge in [-0.15, -0.1) is 11.8 Å². The monoisotopic (exact) mass is 279 g/mol. The Balaban J connectivity index is 1.98. The van der Waals surface area contributed by atoms with E-state index in [1.165, 1.54) is 4.90 Å². The molecule has 1 fully saturated rings. The van der Waals surface area contributed by atoms with Gasteiger partial charge in [0.05, 0.1) is 6.61 Å². The van der Waals surface area contributed by atoms with Gasteiger partial charge in [-0.25, -0.2) is 0 Å². The van der Waals surface area contributed by atoms with Gasteiger partial charge < -0.3 is 9.57 Å². The van der Waals surface area contributed by atoms with Crippen LogP contribution in [0.2, 0.25) is 0 Å². The molecule has 1 heterocycles. The highest BCUT2D eigenvalue weighted by atomic mass is 32.2. The second-order valence-electron chi connectivity index (χ2n) is 5.08. The molecule has 0 aromatic heterocycles. The predicted octanol–water partition coefficient (Wildman–Crippen LogP) is 3.66. The maximum atomic E-state index is 5.68. The molecule has 1 saturated heterocycles. The van der Waals surface area contributed by atoms with Crippen LogP contribution < -0.4 is 0 Å². The number of rotatable bonds is 5. The van der Waals surface area contributed by atoms with E-state index in [0.717, 1.165) is 18.3 Å². The minimum absolute atomic E-state index is 0.358. The first-order chi connectivity index (χ1) is 9.22. The highest BCUT2D eigenvalue weighted by Gasteiger charge is 2.37. The van der Waals surface area contributed by atoms with Crippen molar-refractivity contribution in [3.05, 3.63) is 30.3 Å². The van der Waals surface area contributed by atoms with Crippen LogP contribution in [0, 0.1) is 17.8 Å². The fourth-order valence-corrected chi connectivity index (χ4v) is 3.53. The molecule has 2 rings (SSSR count). The van der Waals surface area contributed by atoms with E-state index in [1.807, 2.05) is 17.8 Å². The van der Waals surface area contributed by atoms with Gasteiger partial charge in [-0.3, -0.25) is 0 Å². The molecular formula is C15H21NO2S. The van der Waals surface area contributed by atoms with Gasteiger partial charge in [0.1, 0.15) is 7.11 Å². The number of oxime groups is 1. The lowest BCUT2D eigenvalue weighted by Crippen LogP contribution is -2.23. The van der Waals surface area contributed by atoms with Gasteiger partial charge in [0, 0.05) is 22.5 Å². The molecule has 0 bridgehead atoms. The molecule has 4 heteroatoms. The second kappa shape index (κ2) is 6.85. The van der Waals surface area contributed by atoms with Crippen molar-refractivity contribution in [1.29, 1.82) is 0 Å². The van der Waals surface area contributed by atoms with E-state index < -0.39 is 0 Å². The standard InChI is InChI=1S/C15H21NO2S/c1-11(2)14-12(9-18-15(14)16-17-3)10-19-13-7-5-4-6-8-13/h4-8,11-12,14H,9-10H2,1-3H3/b16-15-/t12-,14+/m1/s1. The molecule has 1 aliphatic rings. The van der Waals surface area contributed by atoms with Gasteiger partial charge in [0.2, 0.25) is 5.90 Å². The van der Waals surface area contributed by atoms with Crippen LogP contribution in [0.15, 0.2) is 40.4 Å². The summed E-state index contributed by atoms with van der Waals surface area (Å²) in [6, 6.07) is 10.5. The Bertz CT molecular complexity index is 419. The van der Waals surface area contributed by atoms with Crippen molar-refractivity contribution in [2.45, 2.75) is 18.7 Å². The first-order valence-electron chi connectivity index (χ1n) is 6.64. The molecule has 0 radical (unpaired) electrons. The maximum Gasteiger partial charge on any atom is 0.229 e. The number of hydrogen-bond acceptors (Lipinski definition) is 4. The number of ether oxygens (including phenoxy) is 1. The topological polar surface area (TPSA) is 30.8 Å². The summed E-state index contributed by atoms with van der Waals surface area (Å²) >= 11 is 1.88. The van der Waals surface area contributed by atoms with Gasteiger partial charge in [0.25, 0.3) is 0 Å². The van der Waals surface area contributed by atoms with Crippen molar-refractivity contribution in [3.63, 3.8) is 0 Å². The zero-order valence-corrected chi connectivity index (χ0v) is 12.5. The molecule has 0 N–H and O–H groups in total. The second-order valence-corrected chi connectivity index (χ2v) is 6.17. The van der Waals surface area contributed by atoms with Gasteiger partial charge in [-0.1, -0.05) is 37.2 Å². The highest BCUT2D eigenvalue weighted by molar-refractivity contribution is 7.99. The average molecular weight is 279 g/mol. The van der Waals surface area contributed by atoms with Crippen LogP contribution in [0.5, 0.6) is 0 Å². The van der Waals surface area contributed by atoms with Crippen LogP contribution in [0.3, 0.4) is 0 Å². The SMILES string of the molecule is CO/N=C1\OC[C@H](CSc2ccccc2)[C@@H]1C(C)C. The first-order valence-corrected chi connectivity index (χ1v) is 7.62. The lowest BCUT2D eigenvalue weighted by Gasteiger charge is -2.19. The van der Waals surface area contributed by atoms with Gasteiger partial charge in [-0.2, -0.15) is 0 Å². The van der Waals surface area contributed by atoms with E-state index in [4.69, 9.17) is 9.57 Å². The van der Waals surface area contributed by atoms with Crippen LogP contribution in [0.4, 0.5) is 0 Å². The minimum atomic E-state index is 0.358. The van der Waals surface area contributed by atoms with Crippen molar-refractivity contribution < 1.29 is 9.57 Å². The normalized spacial score (nSPS) is 24.7. The molecule has 0 aliphatic carbocycles. The third kappa shape index (κ3) is 3.66. The zero-order chi connectivity index (χ0) is 13.7. The Morgan fingerprint density at radius 3 is 2.74 bits per heavy atom. The van der Waals surface area contributed by atoms with Crippen molar-refractivity contribution >= 4 is 17.7 Å². The van der Waals surface area contributed by atoms with Crippen LogP contribution in [-0.4, -0.2) is 25.4 Å². The van der Waals surface area contributed by atoms with Crippen LogP contribution >= 0.6 is 11.8 Å². The summed E-state index contributed by atoms with van der Waals surface area (Å²) in [4.78, 5) is 6.18. The molecule has 0 spiro atoms. The summed E-state index contributed by atoms with van der Waals surface area (Å²) in [6.07, 6.45) is 0. The largest absolute Gasteiger partial charge is 0.478 e. The summed E-state index contributed by atoms with van der Waals surface area (Å²) in [7, 11) is 1.57. The summed E-state index contributed by atoms with van der Waals surface area (Å²) in [6.45, 7) is 5.17. The average Bonchev–Trinajstić information content (AvgIpc) is 2.81. The quantitative estimate of drug-likeness (QED) is 0.609. The Labute approximate surface area is 119 Å². The minimum Gasteiger partial charge on any atom is -0.478 e. The first kappa shape index (κ1) is 14.3. The lowest BCUT2D eigenvalue weighted by atomic mass is 9.86. The van der Waals surface area contributed by atoms with E-state index in [2.05, 4.69) is 43.3 Å². The van der Waals surface area contributed by atoms with Gasteiger partial charge >= 0.3 is 0 Å². The molecule has 1 aromatic carbocycles. The predicted molar refractivity (Wildman–Crippen MR) is 79.4 cm³/mol. The van der Waals surface area contributed by atoms with Crippen molar-refractivity contribution in [2.75, 3.05) is 19.5 Å². The number of hydrogen-bond donors (Lipinski definition) is 0. The molecular weight excluding hydrogens is 258 g/mol. The van der Waals surface area contributed by atoms with E-state index in [0.29, 0.717) is 17.8 Å². The number of nitrogens with zero attached hydrogens (tertiary/aromatic N) is 1. The Morgan fingerprint density at radius 1 is 1.37 bits per heavy atom. The summed E-state index contributed by atoms with van der Waals surface area (Å²) < 4.78 is 5.68. The summed E-state index contributed by atoms with van der Waals surface area (Å²) in [5.41, 5.74) is 0. The number of thioether (sulfide) groups is 1. The van der Waals surface area contributed by atoms with E-state index in [1.54, 1.807) is 7.11 Å². The molecule has 0 saturated carbocycles. The third-order valence-electron chi connectivity index (χ3n) is 3.35.